The molecule has 7 aromatic rings. The number of carbonyl (C=O) groups is 4. The number of nitrogen functional groups attached to an aromatic ring is 3. The van der Waals surface area contributed by atoms with Crippen molar-refractivity contribution in [1.82, 2.24) is 71.3 Å². The predicted molar refractivity (Wildman–Crippen MR) is 415 cm³/mol. The van der Waals surface area contributed by atoms with E-state index in [9.17, 15) is 19.2 Å². The molecular formula is C70H90BBr2Cl4N19O7. The van der Waals surface area contributed by atoms with Crippen LogP contribution in [-0.2, 0) is 42.5 Å². The molecule has 26 nitrogen and oxygen atoms in total. The molecule has 0 atom stereocenters. The molecule has 12 heterocycles. The molecule has 0 aliphatic carbocycles. The molecule has 7 saturated heterocycles. The van der Waals surface area contributed by atoms with Gasteiger partial charge in [-0.25, -0.2) is 19.7 Å². The fourth-order valence-corrected chi connectivity index (χ4v) is 15.0. The Morgan fingerprint density at radius 3 is 1.30 bits per heavy atom. The third-order valence-electron chi connectivity index (χ3n) is 19.7. The number of piperazine rings is 3. The highest BCUT2D eigenvalue weighted by atomic mass is 79.9. The third kappa shape index (κ3) is 18.3. The summed E-state index contributed by atoms with van der Waals surface area (Å²) < 4.78 is 22.5. The molecule has 14 rings (SSSR count). The minimum atomic E-state index is -0.495. The van der Waals surface area contributed by atoms with Gasteiger partial charge in [0.2, 0.25) is 17.7 Å². The molecule has 0 radical (unpaired) electrons. The van der Waals surface area contributed by atoms with Crippen molar-refractivity contribution in [1.29, 1.82) is 0 Å². The number of benzene rings is 2. The molecule has 12 N–H and O–H groups in total. The van der Waals surface area contributed by atoms with Crippen LogP contribution in [-0.4, -0.2) is 182 Å². The molecule has 103 heavy (non-hydrogen) atoms. The average molecular weight is 1620 g/mol. The molecule has 7 fully saturated rings. The van der Waals surface area contributed by atoms with Crippen LogP contribution in [0.1, 0.15) is 87.0 Å². The van der Waals surface area contributed by atoms with Crippen LogP contribution in [0.2, 0.25) is 20.1 Å². The summed E-state index contributed by atoms with van der Waals surface area (Å²) in [5.74, 6) is 1.13. The van der Waals surface area contributed by atoms with E-state index in [1.165, 1.54) is 6.20 Å². The molecule has 552 valence electrons. The first-order valence-corrected chi connectivity index (χ1v) is 37.2. The van der Waals surface area contributed by atoms with E-state index < -0.39 is 22.2 Å². The number of rotatable bonds is 6. The van der Waals surface area contributed by atoms with E-state index in [1.807, 2.05) is 59.7 Å². The molecule has 33 heteroatoms. The Labute approximate surface area is 638 Å². The monoisotopic (exact) mass is 1620 g/mol. The molecule has 7 aliphatic rings. The summed E-state index contributed by atoms with van der Waals surface area (Å²) in [6.07, 6.45) is 16.5. The second-order valence-corrected chi connectivity index (χ2v) is 31.5. The van der Waals surface area contributed by atoms with Crippen molar-refractivity contribution in [2.24, 2.45) is 14.1 Å². The maximum Gasteiger partial charge on any atom is 0.494 e. The van der Waals surface area contributed by atoms with E-state index in [0.29, 0.717) is 103 Å². The number of aryl methyl sites for hydroxylation is 2. The number of hydrogen-bond acceptors (Lipinski definition) is 20. The molecule has 4 amide bonds. The first-order chi connectivity index (χ1) is 48.7. The van der Waals surface area contributed by atoms with Crippen LogP contribution in [0.25, 0.3) is 33.4 Å². The number of aromatic nitrogens is 7. The first-order valence-electron chi connectivity index (χ1n) is 34.1. The largest absolute Gasteiger partial charge is 0.494 e. The van der Waals surface area contributed by atoms with Gasteiger partial charge in [0.1, 0.15) is 54.7 Å². The number of ether oxygens (including phenoxy) is 1. The van der Waals surface area contributed by atoms with Gasteiger partial charge in [-0.1, -0.05) is 94.9 Å². The van der Waals surface area contributed by atoms with Gasteiger partial charge in [0, 0.05) is 140 Å². The average Bonchev–Trinajstić information content (AvgIpc) is 1.36. The summed E-state index contributed by atoms with van der Waals surface area (Å²) in [5, 5.41) is 29.0. The van der Waals surface area contributed by atoms with Crippen molar-refractivity contribution in [3.8, 4) is 33.4 Å². The van der Waals surface area contributed by atoms with Crippen molar-refractivity contribution in [3.63, 3.8) is 0 Å². The molecule has 2 aromatic carbocycles. The second-order valence-electron chi connectivity index (χ2n) is 28.3. The van der Waals surface area contributed by atoms with Gasteiger partial charge < -0.3 is 77.8 Å². The van der Waals surface area contributed by atoms with E-state index in [2.05, 4.69) is 175 Å². The smallest absolute Gasteiger partial charge is 0.444 e. The van der Waals surface area contributed by atoms with Crippen LogP contribution in [0.4, 0.5) is 33.6 Å². The Morgan fingerprint density at radius 1 is 0.515 bits per heavy atom. The summed E-state index contributed by atoms with van der Waals surface area (Å²) in [6.45, 7) is 22.3. The van der Waals surface area contributed by atoms with E-state index in [4.69, 9.17) is 77.7 Å². The second kappa shape index (κ2) is 32.8. The minimum Gasteiger partial charge on any atom is -0.444 e. The van der Waals surface area contributed by atoms with Crippen molar-refractivity contribution < 1.29 is 33.2 Å². The lowest BCUT2D eigenvalue weighted by Crippen LogP contribution is -2.67. The van der Waals surface area contributed by atoms with Crippen LogP contribution in [0.15, 0.2) is 101 Å². The maximum atomic E-state index is 12.5. The Hall–Kier alpha value is -7.03. The lowest BCUT2D eigenvalue weighted by molar-refractivity contribution is -0.131. The van der Waals surface area contributed by atoms with Crippen LogP contribution in [0, 0.1) is 0 Å². The molecule has 0 unspecified atom stereocenters. The van der Waals surface area contributed by atoms with Gasteiger partial charge in [0.05, 0.1) is 48.9 Å². The van der Waals surface area contributed by atoms with Gasteiger partial charge in [0.25, 0.3) is 0 Å². The van der Waals surface area contributed by atoms with Gasteiger partial charge in [-0.3, -0.25) is 23.7 Å². The number of nitrogens with zero attached hydrogens (tertiary/aromatic N) is 10. The number of anilines is 5. The zero-order valence-electron chi connectivity index (χ0n) is 59.3. The predicted octanol–water partition coefficient (Wildman–Crippen LogP) is 9.18. The minimum absolute atomic E-state index is 0.0580. The highest BCUT2D eigenvalue weighted by Gasteiger charge is 2.52. The van der Waals surface area contributed by atoms with Crippen LogP contribution < -0.4 is 64.4 Å². The number of amides is 4. The zero-order chi connectivity index (χ0) is 74.4. The number of piperidine rings is 3. The molecule has 7 aliphatic heterocycles. The molecular weight excluding hydrogens is 1530 g/mol. The number of nitrogens with two attached hydrogens (primary N) is 3. The van der Waals surface area contributed by atoms with Crippen LogP contribution in [0.3, 0.4) is 0 Å². The molecule has 0 bridgehead atoms. The van der Waals surface area contributed by atoms with Crippen LogP contribution >= 0.6 is 78.3 Å². The van der Waals surface area contributed by atoms with Crippen molar-refractivity contribution >= 4 is 143 Å². The number of halogens is 6. The van der Waals surface area contributed by atoms with Gasteiger partial charge >= 0.3 is 13.2 Å². The highest BCUT2D eigenvalue weighted by molar-refractivity contribution is 9.11. The third-order valence-corrected chi connectivity index (χ3v) is 22.7. The Morgan fingerprint density at radius 2 is 0.893 bits per heavy atom. The van der Waals surface area contributed by atoms with Gasteiger partial charge in [-0.2, -0.15) is 10.2 Å². The van der Waals surface area contributed by atoms with E-state index in [0.717, 1.165) is 100 Å². The Bertz CT molecular complexity index is 4140. The zero-order valence-corrected chi connectivity index (χ0v) is 65.5. The van der Waals surface area contributed by atoms with Gasteiger partial charge in [-0.05, 0) is 141 Å². The lowest BCUT2D eigenvalue weighted by Gasteiger charge is -2.44. The lowest BCUT2D eigenvalue weighted by atomic mass is 9.78. The van der Waals surface area contributed by atoms with E-state index >= 15 is 0 Å². The SMILES string of the molecule is CC(C)(C)OC(=O)N1CCC2(CC1)NCCNC2=O.Cn1cc(-c2ccc(-c3cnc(N)c(Cl)c3N3CCC4(CC3)NCCNC4=O)cc2)cn1.Cn1cc(-c2ccc(B3OC(C)(C)C(C)(C)O3)cc2)cn1.Nc1ncc(Br)c(Cl)c1Cl.Nc1ncc(Br)c(N2CCC3(CC2)NCCNC3=O)c1Cl. The number of pyridine rings is 3. The number of hydrogen-bond donors (Lipinski definition) is 9. The molecule has 0 saturated carbocycles. The maximum absolute atomic E-state index is 12.5. The summed E-state index contributed by atoms with van der Waals surface area (Å²) in [5.41, 5.74) is 23.8. The molecule has 5 aromatic heterocycles. The van der Waals surface area contributed by atoms with Crippen molar-refractivity contribution in [3.05, 3.63) is 121 Å². The Kier molecular flexibility index (Phi) is 25.0. The standard InChI is InChI=1S/C23H26ClN7O.C16H21BN2O2.C13H17BrClN5O.C13H23N3O3.C5H3BrCl2N2/c1-30-14-17(12-29-30)15-2-4-16(5-3-15)18-13-27-21(25)19(24)20(18)31-10-6-23(7-11-31)22(32)26-8-9-28-23;1-15(2)16(3,4)21-17(20-15)14-8-6-12(7-9-14)13-10-18-19(5)11-13;14-8-7-18-11(16)9(15)10(8)20-5-1-13(2-6-20)12(21)17-3-4-19-13;1-12(2,3)19-11(18)16-8-4-13(5-9-16)10(17)14-6-7-15-13;6-2-1-10-5(9)4(8)3(2)7/h2-5,12-14,28H,6-11H2,1H3,(H2,25,27)(H,26,32);6-11H,1-5H3;7,19H,1-6H2,(H2,16,18)(H,17,21);15H,4-9H2,1-3H3,(H,14,17);1H,(H2,9,10). The highest BCUT2D eigenvalue weighted by Crippen LogP contribution is 2.44. The first kappa shape index (κ1) is 78.6. The van der Waals surface area contributed by atoms with Crippen molar-refractivity contribution in [2.45, 2.75) is 120 Å². The van der Waals surface area contributed by atoms with Gasteiger partial charge in [0.15, 0.2) is 0 Å². The van der Waals surface area contributed by atoms with E-state index in [-0.39, 0.29) is 53.0 Å². The number of nitrogens with one attached hydrogen (secondary N) is 6. The van der Waals surface area contributed by atoms with E-state index in [1.54, 1.807) is 26.7 Å². The Balaban J connectivity index is 0.000000144. The van der Waals surface area contributed by atoms with Crippen molar-refractivity contribution in [2.75, 3.05) is 106 Å². The number of likely N-dealkylation sites (tertiary alicyclic amines) is 1. The summed E-state index contributed by atoms with van der Waals surface area (Å²) in [4.78, 5) is 66.7. The number of carbonyl (C=O) groups excluding carboxylic acids is 4. The van der Waals surface area contributed by atoms with Crippen LogP contribution in [0.5, 0.6) is 0 Å². The fourth-order valence-electron chi connectivity index (χ4n) is 13.0. The van der Waals surface area contributed by atoms with Gasteiger partial charge in [-0.15, -0.1) is 0 Å². The quantitative estimate of drug-likeness (QED) is 0.0700. The normalized spacial score (nSPS) is 19.3. The summed E-state index contributed by atoms with van der Waals surface area (Å²) in [7, 11) is 3.52. The fraction of sp³-hybridized carbons (Fsp3) is 0.471. The summed E-state index contributed by atoms with van der Waals surface area (Å²) in [6, 6.07) is 16.6. The summed E-state index contributed by atoms with van der Waals surface area (Å²) >= 11 is 30.9. The topological polar surface area (TPSA) is 330 Å². The molecule has 3 spiro atoms.